The van der Waals surface area contributed by atoms with Crippen LogP contribution in [0.15, 0.2) is 23.1 Å². The number of carbonyl (C=O) groups is 1. The fourth-order valence-corrected chi connectivity index (χ4v) is 4.42. The van der Waals surface area contributed by atoms with E-state index in [2.05, 4.69) is 5.32 Å². The van der Waals surface area contributed by atoms with Crippen LogP contribution in [0.1, 0.15) is 32.6 Å². The Labute approximate surface area is 154 Å². The first-order valence-electron chi connectivity index (χ1n) is 8.24. The van der Waals surface area contributed by atoms with Crippen LogP contribution >= 0.6 is 12.4 Å². The number of nitrogens with zero attached hydrogens (tertiary/aromatic N) is 1. The second kappa shape index (κ2) is 7.49. The fraction of sp³-hybridized carbons (Fsp3) is 0.562. The van der Waals surface area contributed by atoms with E-state index in [9.17, 15) is 13.2 Å². The molecule has 0 unspecified atom stereocenters. The van der Waals surface area contributed by atoms with Crippen LogP contribution in [0.3, 0.4) is 0 Å². The number of rotatable bonds is 6. The van der Waals surface area contributed by atoms with Crippen molar-refractivity contribution in [3.63, 3.8) is 0 Å². The number of nitrogens with one attached hydrogen (secondary N) is 1. The number of halogens is 1. The normalized spacial score (nSPS) is 19.1. The average molecular weight is 390 g/mol. The van der Waals surface area contributed by atoms with Gasteiger partial charge < -0.3 is 15.8 Å². The number of carbonyl (C=O) groups excluding carboxylic acids is 1. The first-order valence-corrected chi connectivity index (χ1v) is 9.68. The molecule has 2 aliphatic rings. The van der Waals surface area contributed by atoms with Gasteiger partial charge in [0.05, 0.1) is 12.1 Å². The van der Waals surface area contributed by atoms with Gasteiger partial charge in [-0.25, -0.2) is 8.42 Å². The third-order valence-electron chi connectivity index (χ3n) is 4.43. The second-order valence-electron chi connectivity index (χ2n) is 6.32. The molecule has 140 valence electrons. The zero-order chi connectivity index (χ0) is 17.4. The third kappa shape index (κ3) is 4.08. The molecular formula is C16H24ClN3O4S. The van der Waals surface area contributed by atoms with Crippen molar-refractivity contribution < 1.29 is 17.9 Å². The summed E-state index contributed by atoms with van der Waals surface area (Å²) < 4.78 is 32.7. The van der Waals surface area contributed by atoms with E-state index in [1.54, 1.807) is 19.1 Å². The molecular weight excluding hydrogens is 366 g/mol. The molecule has 0 spiro atoms. The molecule has 9 heteroatoms. The van der Waals surface area contributed by atoms with E-state index in [-0.39, 0.29) is 23.2 Å². The summed E-state index contributed by atoms with van der Waals surface area (Å²) in [5.41, 5.74) is 5.48. The Morgan fingerprint density at radius 2 is 1.96 bits per heavy atom. The van der Waals surface area contributed by atoms with Gasteiger partial charge in [0.15, 0.2) is 0 Å². The van der Waals surface area contributed by atoms with Crippen LogP contribution in [-0.4, -0.2) is 43.9 Å². The highest BCUT2D eigenvalue weighted by Gasteiger charge is 2.46. The average Bonchev–Trinajstić information content (AvgIpc) is 3.08. The molecule has 25 heavy (non-hydrogen) atoms. The molecule has 1 heterocycles. The smallest absolute Gasteiger partial charge is 0.246 e. The minimum Gasteiger partial charge on any atom is -0.492 e. The molecule has 1 aliphatic carbocycles. The summed E-state index contributed by atoms with van der Waals surface area (Å²) >= 11 is 0. The molecule has 0 atom stereocenters. The van der Waals surface area contributed by atoms with E-state index in [0.29, 0.717) is 44.0 Å². The zero-order valence-corrected chi connectivity index (χ0v) is 15.8. The molecule has 1 saturated carbocycles. The lowest BCUT2D eigenvalue weighted by atomic mass is 10.2. The van der Waals surface area contributed by atoms with Gasteiger partial charge in [-0.15, -0.1) is 12.4 Å². The molecule has 0 bridgehead atoms. The Morgan fingerprint density at radius 1 is 1.32 bits per heavy atom. The molecule has 3 N–H and O–H groups in total. The van der Waals surface area contributed by atoms with E-state index in [0.717, 1.165) is 12.8 Å². The summed E-state index contributed by atoms with van der Waals surface area (Å²) in [5.74, 6) is 0.0208. The van der Waals surface area contributed by atoms with Gasteiger partial charge in [-0.05, 0) is 50.8 Å². The van der Waals surface area contributed by atoms with Crippen molar-refractivity contribution in [2.24, 2.45) is 5.73 Å². The maximum absolute atomic E-state index is 12.9. The lowest BCUT2D eigenvalue weighted by Gasteiger charge is -2.19. The van der Waals surface area contributed by atoms with Gasteiger partial charge in [-0.1, -0.05) is 0 Å². The van der Waals surface area contributed by atoms with E-state index >= 15 is 0 Å². The van der Waals surface area contributed by atoms with E-state index in [1.807, 2.05) is 0 Å². The van der Waals surface area contributed by atoms with Crippen molar-refractivity contribution >= 4 is 34.0 Å². The van der Waals surface area contributed by atoms with Crippen LogP contribution in [0, 0.1) is 0 Å². The summed E-state index contributed by atoms with van der Waals surface area (Å²) in [6.45, 7) is 3.18. The number of hydrogen-bond donors (Lipinski definition) is 2. The van der Waals surface area contributed by atoms with Crippen LogP contribution in [0.4, 0.5) is 5.69 Å². The Hall–Kier alpha value is -1.35. The Balaban J connectivity index is 0.00000225. The number of nitrogens with two attached hydrogens (primary N) is 1. The lowest BCUT2D eigenvalue weighted by Crippen LogP contribution is -2.37. The molecule has 0 aromatic heterocycles. The van der Waals surface area contributed by atoms with Crippen molar-refractivity contribution in [2.75, 3.05) is 25.0 Å². The molecule has 3 rings (SSSR count). The topological polar surface area (TPSA) is 102 Å². The van der Waals surface area contributed by atoms with Crippen molar-refractivity contribution in [2.45, 2.75) is 43.0 Å². The van der Waals surface area contributed by atoms with Gasteiger partial charge >= 0.3 is 0 Å². The molecule has 1 amide bonds. The monoisotopic (exact) mass is 389 g/mol. The third-order valence-corrected chi connectivity index (χ3v) is 6.34. The van der Waals surface area contributed by atoms with Crippen LogP contribution < -0.4 is 15.8 Å². The quantitative estimate of drug-likeness (QED) is 0.771. The largest absolute Gasteiger partial charge is 0.492 e. The van der Waals surface area contributed by atoms with Gasteiger partial charge in [0.2, 0.25) is 15.9 Å². The van der Waals surface area contributed by atoms with Gasteiger partial charge in [0.1, 0.15) is 10.6 Å². The highest BCUT2D eigenvalue weighted by Crippen LogP contribution is 2.35. The summed E-state index contributed by atoms with van der Waals surface area (Å²) in [4.78, 5) is 12.2. The van der Waals surface area contributed by atoms with Gasteiger partial charge in [0.25, 0.3) is 0 Å². The van der Waals surface area contributed by atoms with Crippen LogP contribution in [0.25, 0.3) is 0 Å². The van der Waals surface area contributed by atoms with Crippen LogP contribution in [0.2, 0.25) is 0 Å². The van der Waals surface area contributed by atoms with Crippen molar-refractivity contribution in [1.82, 2.24) is 4.31 Å². The summed E-state index contributed by atoms with van der Waals surface area (Å²) in [7, 11) is -3.64. The first kappa shape index (κ1) is 20.0. The van der Waals surface area contributed by atoms with Crippen molar-refractivity contribution in [1.29, 1.82) is 0 Å². The number of hydrogen-bond acceptors (Lipinski definition) is 5. The predicted octanol–water partition coefficient (Wildman–Crippen LogP) is 1.72. The van der Waals surface area contributed by atoms with E-state index < -0.39 is 15.6 Å². The second-order valence-corrected chi connectivity index (χ2v) is 8.22. The Morgan fingerprint density at radius 3 is 2.52 bits per heavy atom. The lowest BCUT2D eigenvalue weighted by molar-refractivity contribution is -0.118. The fourth-order valence-electron chi connectivity index (χ4n) is 2.75. The minimum absolute atomic E-state index is 0. The van der Waals surface area contributed by atoms with Crippen molar-refractivity contribution in [3.8, 4) is 5.75 Å². The number of benzene rings is 1. The molecule has 1 aliphatic heterocycles. The molecule has 2 fully saturated rings. The van der Waals surface area contributed by atoms with E-state index in [1.165, 1.54) is 10.4 Å². The highest BCUT2D eigenvalue weighted by molar-refractivity contribution is 7.89. The van der Waals surface area contributed by atoms with Crippen LogP contribution in [0.5, 0.6) is 5.75 Å². The Bertz CT molecular complexity index is 744. The molecule has 7 nitrogen and oxygen atoms in total. The summed E-state index contributed by atoms with van der Waals surface area (Å²) in [5, 5.41) is 2.71. The van der Waals surface area contributed by atoms with Gasteiger partial charge in [-0.2, -0.15) is 4.31 Å². The highest BCUT2D eigenvalue weighted by atomic mass is 35.5. The van der Waals surface area contributed by atoms with Crippen LogP contribution in [-0.2, 0) is 14.8 Å². The van der Waals surface area contributed by atoms with E-state index in [4.69, 9.17) is 10.5 Å². The molecule has 0 radical (unpaired) electrons. The molecule has 1 aromatic rings. The Kier molecular flexibility index (Phi) is 5.98. The molecule has 1 saturated heterocycles. The first-order chi connectivity index (χ1) is 11.4. The van der Waals surface area contributed by atoms with Gasteiger partial charge in [0, 0.05) is 18.8 Å². The van der Waals surface area contributed by atoms with Crippen molar-refractivity contribution in [3.05, 3.63) is 18.2 Å². The summed E-state index contributed by atoms with van der Waals surface area (Å²) in [6, 6.07) is 4.68. The zero-order valence-electron chi connectivity index (χ0n) is 14.2. The number of ether oxygens (including phenoxy) is 1. The number of amides is 1. The predicted molar refractivity (Wildman–Crippen MR) is 97.6 cm³/mol. The number of sulfonamides is 1. The summed E-state index contributed by atoms with van der Waals surface area (Å²) in [6.07, 6.45) is 3.01. The number of anilines is 1. The van der Waals surface area contributed by atoms with Gasteiger partial charge in [-0.3, -0.25) is 4.79 Å². The standard InChI is InChI=1S/C16H23N3O4S.ClH/c1-2-23-13-6-5-12(18-15(20)16(17)7-8-16)11-14(13)24(21,22)19-9-3-4-10-19;/h5-6,11H,2-4,7-10,17H2,1H3,(H,18,20);1H. The maximum atomic E-state index is 12.9. The minimum atomic E-state index is -3.64. The molecule has 1 aromatic carbocycles. The maximum Gasteiger partial charge on any atom is 0.246 e. The SMILES string of the molecule is CCOc1ccc(NC(=O)C2(N)CC2)cc1S(=O)(=O)N1CCCC1.Cl.